The number of benzene rings is 1. The summed E-state index contributed by atoms with van der Waals surface area (Å²) < 4.78 is 5.70. The summed E-state index contributed by atoms with van der Waals surface area (Å²) in [6.45, 7) is 3.92. The predicted octanol–water partition coefficient (Wildman–Crippen LogP) is 4.09. The molecular weight excluding hydrogens is 310 g/mol. The van der Waals surface area contributed by atoms with Crippen LogP contribution in [0.4, 0.5) is 10.8 Å². The molecular formula is C17H17N3O2S. The number of rotatable bonds is 5. The molecule has 0 saturated carbocycles. The van der Waals surface area contributed by atoms with Gasteiger partial charge < -0.3 is 15.1 Å². The van der Waals surface area contributed by atoms with E-state index in [1.807, 2.05) is 29.6 Å². The number of anilines is 2. The van der Waals surface area contributed by atoms with Gasteiger partial charge in [-0.25, -0.2) is 4.98 Å². The summed E-state index contributed by atoms with van der Waals surface area (Å²) >= 11 is 1.52. The van der Waals surface area contributed by atoms with Crippen LogP contribution in [0.1, 0.15) is 18.2 Å². The van der Waals surface area contributed by atoms with E-state index in [1.54, 1.807) is 0 Å². The maximum atomic E-state index is 10.9. The van der Waals surface area contributed by atoms with E-state index >= 15 is 0 Å². The lowest BCUT2D eigenvalue weighted by Crippen LogP contribution is -2.18. The van der Waals surface area contributed by atoms with E-state index < -0.39 is 0 Å². The van der Waals surface area contributed by atoms with Gasteiger partial charge >= 0.3 is 0 Å². The van der Waals surface area contributed by atoms with Crippen molar-refractivity contribution in [2.45, 2.75) is 20.4 Å². The van der Waals surface area contributed by atoms with E-state index in [1.165, 1.54) is 23.8 Å². The highest BCUT2D eigenvalue weighted by atomic mass is 32.1. The number of hydrogen-bond acceptors (Lipinski definition) is 5. The molecule has 1 aromatic carbocycles. The SMILES string of the molecule is CC(=O)NCc1ccc(-c2csc(Nc3cccc(C)c3)n2)o1. The third-order valence-electron chi connectivity index (χ3n) is 3.20. The molecule has 3 rings (SSSR count). The van der Waals surface area contributed by atoms with Gasteiger partial charge in [-0.1, -0.05) is 12.1 Å². The number of aromatic nitrogens is 1. The maximum absolute atomic E-state index is 10.9. The number of carbonyl (C=O) groups is 1. The van der Waals surface area contributed by atoms with Crippen molar-refractivity contribution < 1.29 is 9.21 Å². The molecule has 0 aliphatic heterocycles. The van der Waals surface area contributed by atoms with Crippen molar-refractivity contribution in [3.05, 3.63) is 53.1 Å². The topological polar surface area (TPSA) is 67.2 Å². The predicted molar refractivity (Wildman–Crippen MR) is 91.8 cm³/mol. The van der Waals surface area contributed by atoms with Crippen molar-refractivity contribution in [3.8, 4) is 11.5 Å². The average Bonchev–Trinajstić information content (AvgIpc) is 3.14. The van der Waals surface area contributed by atoms with Gasteiger partial charge in [-0.2, -0.15) is 0 Å². The Morgan fingerprint density at radius 3 is 2.96 bits per heavy atom. The van der Waals surface area contributed by atoms with E-state index in [0.717, 1.165) is 16.5 Å². The first-order valence-corrected chi connectivity index (χ1v) is 8.11. The second-order valence-corrected chi connectivity index (χ2v) is 6.07. The Morgan fingerprint density at radius 2 is 2.17 bits per heavy atom. The fraction of sp³-hybridized carbons (Fsp3) is 0.176. The minimum Gasteiger partial charge on any atom is -0.458 e. The van der Waals surface area contributed by atoms with Gasteiger partial charge in [-0.3, -0.25) is 4.79 Å². The van der Waals surface area contributed by atoms with Crippen LogP contribution in [-0.2, 0) is 11.3 Å². The summed E-state index contributed by atoms with van der Waals surface area (Å²) in [6.07, 6.45) is 0. The Kier molecular flexibility index (Phi) is 4.43. The number of thiazole rings is 1. The summed E-state index contributed by atoms with van der Waals surface area (Å²) in [5, 5.41) is 8.75. The van der Waals surface area contributed by atoms with Crippen LogP contribution in [0.3, 0.4) is 0 Å². The molecule has 5 nitrogen and oxygen atoms in total. The second-order valence-electron chi connectivity index (χ2n) is 5.21. The molecule has 3 aromatic rings. The van der Waals surface area contributed by atoms with Gasteiger partial charge in [0, 0.05) is 18.0 Å². The maximum Gasteiger partial charge on any atom is 0.217 e. The molecule has 23 heavy (non-hydrogen) atoms. The van der Waals surface area contributed by atoms with Crippen molar-refractivity contribution >= 4 is 28.1 Å². The molecule has 0 spiro atoms. The van der Waals surface area contributed by atoms with Crippen molar-refractivity contribution in [3.63, 3.8) is 0 Å². The molecule has 2 heterocycles. The Hall–Kier alpha value is -2.60. The quantitative estimate of drug-likeness (QED) is 0.740. The highest BCUT2D eigenvalue weighted by molar-refractivity contribution is 7.14. The van der Waals surface area contributed by atoms with Crippen LogP contribution >= 0.6 is 11.3 Å². The van der Waals surface area contributed by atoms with Gasteiger partial charge in [-0.05, 0) is 36.8 Å². The molecule has 1 amide bonds. The van der Waals surface area contributed by atoms with E-state index in [9.17, 15) is 4.79 Å². The van der Waals surface area contributed by atoms with Gasteiger partial charge in [0.25, 0.3) is 0 Å². The normalized spacial score (nSPS) is 10.5. The molecule has 0 unspecified atom stereocenters. The van der Waals surface area contributed by atoms with Crippen LogP contribution in [-0.4, -0.2) is 10.9 Å². The molecule has 0 bridgehead atoms. The number of nitrogens with zero attached hydrogens (tertiary/aromatic N) is 1. The van der Waals surface area contributed by atoms with E-state index in [2.05, 4.69) is 34.7 Å². The van der Waals surface area contributed by atoms with Gasteiger partial charge in [0.05, 0.1) is 6.54 Å². The Balaban J connectivity index is 1.70. The molecule has 2 aromatic heterocycles. The van der Waals surface area contributed by atoms with Gasteiger partial charge in [-0.15, -0.1) is 11.3 Å². The first kappa shape index (κ1) is 15.3. The van der Waals surface area contributed by atoms with Crippen molar-refractivity contribution in [1.29, 1.82) is 0 Å². The van der Waals surface area contributed by atoms with Crippen LogP contribution in [0.25, 0.3) is 11.5 Å². The second kappa shape index (κ2) is 6.66. The number of aryl methyl sites for hydroxylation is 1. The fourth-order valence-corrected chi connectivity index (χ4v) is 2.83. The largest absolute Gasteiger partial charge is 0.458 e. The van der Waals surface area contributed by atoms with Crippen molar-refractivity contribution in [1.82, 2.24) is 10.3 Å². The van der Waals surface area contributed by atoms with Crippen LogP contribution < -0.4 is 10.6 Å². The molecule has 0 radical (unpaired) electrons. The highest BCUT2D eigenvalue weighted by Gasteiger charge is 2.10. The third kappa shape index (κ3) is 3.98. The molecule has 2 N–H and O–H groups in total. The molecule has 6 heteroatoms. The Morgan fingerprint density at radius 1 is 1.30 bits per heavy atom. The van der Waals surface area contributed by atoms with Crippen molar-refractivity contribution in [2.24, 2.45) is 0 Å². The highest BCUT2D eigenvalue weighted by Crippen LogP contribution is 2.28. The van der Waals surface area contributed by atoms with Crippen LogP contribution in [0.15, 0.2) is 46.2 Å². The molecule has 0 atom stereocenters. The number of carbonyl (C=O) groups excluding carboxylic acids is 1. The zero-order valence-electron chi connectivity index (χ0n) is 12.9. The van der Waals surface area contributed by atoms with Crippen LogP contribution in [0, 0.1) is 6.92 Å². The number of amides is 1. The van der Waals surface area contributed by atoms with Crippen molar-refractivity contribution in [2.75, 3.05) is 5.32 Å². The van der Waals surface area contributed by atoms with Crippen LogP contribution in [0.5, 0.6) is 0 Å². The first-order chi connectivity index (χ1) is 11.1. The summed E-state index contributed by atoms with van der Waals surface area (Å²) in [7, 11) is 0. The summed E-state index contributed by atoms with van der Waals surface area (Å²) in [6, 6.07) is 11.8. The summed E-state index contributed by atoms with van der Waals surface area (Å²) in [5.41, 5.74) is 2.98. The van der Waals surface area contributed by atoms with Gasteiger partial charge in [0.1, 0.15) is 11.5 Å². The zero-order valence-corrected chi connectivity index (χ0v) is 13.7. The minimum absolute atomic E-state index is 0.0822. The average molecular weight is 327 g/mol. The lowest BCUT2D eigenvalue weighted by molar-refractivity contribution is -0.119. The summed E-state index contributed by atoms with van der Waals surface area (Å²) in [5.74, 6) is 1.32. The smallest absolute Gasteiger partial charge is 0.217 e. The first-order valence-electron chi connectivity index (χ1n) is 7.23. The van der Waals surface area contributed by atoms with E-state index in [0.29, 0.717) is 18.1 Å². The van der Waals surface area contributed by atoms with Crippen LogP contribution in [0.2, 0.25) is 0 Å². The minimum atomic E-state index is -0.0822. The summed E-state index contributed by atoms with van der Waals surface area (Å²) in [4.78, 5) is 15.5. The molecule has 118 valence electrons. The zero-order chi connectivity index (χ0) is 16.2. The molecule has 0 aliphatic rings. The molecule has 0 fully saturated rings. The van der Waals surface area contributed by atoms with E-state index in [-0.39, 0.29) is 5.91 Å². The van der Waals surface area contributed by atoms with Gasteiger partial charge in [0.2, 0.25) is 5.91 Å². The number of furan rings is 1. The number of hydrogen-bond donors (Lipinski definition) is 2. The van der Waals surface area contributed by atoms with E-state index in [4.69, 9.17) is 4.42 Å². The lowest BCUT2D eigenvalue weighted by Gasteiger charge is -2.02. The molecule has 0 saturated heterocycles. The third-order valence-corrected chi connectivity index (χ3v) is 3.96. The molecule has 0 aliphatic carbocycles. The Labute approximate surface area is 138 Å². The number of nitrogens with one attached hydrogen (secondary N) is 2. The van der Waals surface area contributed by atoms with Gasteiger partial charge in [0.15, 0.2) is 10.9 Å². The Bertz CT molecular complexity index is 823. The lowest BCUT2D eigenvalue weighted by atomic mass is 10.2. The monoisotopic (exact) mass is 327 g/mol. The standard InChI is InChI=1S/C17H17N3O2S/c1-11-4-3-5-13(8-11)19-17-20-15(10-23-17)16-7-6-14(22-16)9-18-12(2)21/h3-8,10H,9H2,1-2H3,(H,18,21)(H,19,20). The fourth-order valence-electron chi connectivity index (χ4n) is 2.11.